The van der Waals surface area contributed by atoms with Crippen LogP contribution in [0.25, 0.3) is 10.2 Å². The van der Waals surface area contributed by atoms with Crippen molar-refractivity contribution in [1.82, 2.24) is 4.98 Å². The van der Waals surface area contributed by atoms with Crippen LogP contribution in [0.2, 0.25) is 0 Å². The zero-order valence-electron chi connectivity index (χ0n) is 12.8. The molecule has 0 aliphatic carbocycles. The lowest BCUT2D eigenvalue weighted by atomic mass is 10.2. The SMILES string of the molecule is CCS(=O)(=O)CCC(Nc1nc2ccc(OC)cc2s1)C(=O)O. The molecule has 1 heterocycles. The first kappa shape index (κ1) is 17.5. The van der Waals surface area contributed by atoms with E-state index in [0.717, 1.165) is 10.2 Å². The molecule has 7 nitrogen and oxygen atoms in total. The van der Waals surface area contributed by atoms with Crippen molar-refractivity contribution < 1.29 is 23.1 Å². The summed E-state index contributed by atoms with van der Waals surface area (Å²) in [5, 5.41) is 12.5. The number of ether oxygens (including phenoxy) is 1. The molecular weight excluding hydrogens is 340 g/mol. The van der Waals surface area contributed by atoms with Crippen molar-refractivity contribution in [2.75, 3.05) is 23.9 Å². The number of fused-ring (bicyclic) bond motifs is 1. The van der Waals surface area contributed by atoms with Crippen molar-refractivity contribution in [3.63, 3.8) is 0 Å². The Morgan fingerprint density at radius 1 is 1.48 bits per heavy atom. The van der Waals surface area contributed by atoms with Crippen LogP contribution in [0, 0.1) is 0 Å². The molecule has 0 aliphatic rings. The summed E-state index contributed by atoms with van der Waals surface area (Å²) < 4.78 is 29.1. The predicted octanol–water partition coefficient (Wildman–Crippen LogP) is 1.99. The lowest BCUT2D eigenvalue weighted by Gasteiger charge is -2.13. The predicted molar refractivity (Wildman–Crippen MR) is 90.2 cm³/mol. The molecule has 0 aliphatic heterocycles. The van der Waals surface area contributed by atoms with E-state index >= 15 is 0 Å². The topological polar surface area (TPSA) is 106 Å². The van der Waals surface area contributed by atoms with Crippen molar-refractivity contribution in [3.05, 3.63) is 18.2 Å². The van der Waals surface area contributed by atoms with Gasteiger partial charge in [-0.05, 0) is 24.6 Å². The monoisotopic (exact) mass is 358 g/mol. The van der Waals surface area contributed by atoms with Crippen molar-refractivity contribution >= 4 is 42.5 Å². The first-order chi connectivity index (χ1) is 10.8. The average Bonchev–Trinajstić information content (AvgIpc) is 2.92. The molecule has 1 atom stereocenters. The molecule has 0 spiro atoms. The fourth-order valence-electron chi connectivity index (χ4n) is 1.94. The molecule has 1 aromatic heterocycles. The number of rotatable bonds is 8. The summed E-state index contributed by atoms with van der Waals surface area (Å²) in [7, 11) is -1.65. The summed E-state index contributed by atoms with van der Waals surface area (Å²) in [5.74, 6) is -0.586. The third kappa shape index (κ3) is 4.55. The smallest absolute Gasteiger partial charge is 0.326 e. The van der Waals surface area contributed by atoms with Gasteiger partial charge in [-0.25, -0.2) is 18.2 Å². The number of benzene rings is 1. The van der Waals surface area contributed by atoms with Gasteiger partial charge >= 0.3 is 5.97 Å². The summed E-state index contributed by atoms with van der Waals surface area (Å²) in [6.07, 6.45) is -0.00917. The minimum absolute atomic E-state index is 0.000269. The molecular formula is C14H18N2O5S2. The zero-order valence-corrected chi connectivity index (χ0v) is 14.4. The van der Waals surface area contributed by atoms with E-state index in [1.54, 1.807) is 26.2 Å². The van der Waals surface area contributed by atoms with Gasteiger partial charge < -0.3 is 15.2 Å². The number of aromatic nitrogens is 1. The maximum atomic E-state index is 11.5. The number of nitrogens with one attached hydrogen (secondary N) is 1. The van der Waals surface area contributed by atoms with E-state index in [1.807, 2.05) is 6.07 Å². The van der Waals surface area contributed by atoms with Crippen molar-refractivity contribution in [2.45, 2.75) is 19.4 Å². The van der Waals surface area contributed by atoms with Gasteiger partial charge in [-0.2, -0.15) is 0 Å². The molecule has 2 N–H and O–H groups in total. The number of carboxylic acid groups (broad SMARTS) is 1. The van der Waals surface area contributed by atoms with Crippen LogP contribution in [0.1, 0.15) is 13.3 Å². The Kier molecular flexibility index (Phi) is 5.42. The second-order valence-corrected chi connectivity index (χ2v) is 8.42. The second kappa shape index (κ2) is 7.14. The standard InChI is InChI=1S/C14H18N2O5S2/c1-3-23(19,20)7-6-11(13(17)18)16-14-15-10-5-4-9(21-2)8-12(10)22-14/h4-5,8,11H,3,6-7H2,1-2H3,(H,15,16)(H,17,18). The van der Waals surface area contributed by atoms with Crippen molar-refractivity contribution in [1.29, 1.82) is 0 Å². The third-order valence-corrected chi connectivity index (χ3v) is 6.04. The number of carboxylic acids is 1. The first-order valence-corrected chi connectivity index (χ1v) is 9.62. The molecule has 0 amide bonds. The highest BCUT2D eigenvalue weighted by molar-refractivity contribution is 7.91. The maximum absolute atomic E-state index is 11.5. The number of hydrogen-bond donors (Lipinski definition) is 2. The molecule has 9 heteroatoms. The van der Waals surface area contributed by atoms with E-state index in [4.69, 9.17) is 4.74 Å². The Balaban J connectivity index is 2.15. The number of carbonyl (C=O) groups is 1. The number of nitrogens with zero attached hydrogens (tertiary/aromatic N) is 1. The van der Waals surface area contributed by atoms with E-state index in [-0.39, 0.29) is 17.9 Å². The van der Waals surface area contributed by atoms with Gasteiger partial charge in [0.05, 0.1) is 23.1 Å². The molecule has 0 saturated carbocycles. The van der Waals surface area contributed by atoms with Gasteiger partial charge in [-0.1, -0.05) is 18.3 Å². The van der Waals surface area contributed by atoms with Crippen LogP contribution in [0.5, 0.6) is 5.75 Å². The molecule has 126 valence electrons. The number of sulfone groups is 1. The average molecular weight is 358 g/mol. The van der Waals surface area contributed by atoms with E-state index in [0.29, 0.717) is 10.9 Å². The van der Waals surface area contributed by atoms with Gasteiger partial charge in [-0.3, -0.25) is 0 Å². The fraction of sp³-hybridized carbons (Fsp3) is 0.429. The third-order valence-electron chi connectivity index (χ3n) is 3.35. The Morgan fingerprint density at radius 3 is 2.83 bits per heavy atom. The minimum atomic E-state index is -3.21. The van der Waals surface area contributed by atoms with Gasteiger partial charge in [0.25, 0.3) is 0 Å². The summed E-state index contributed by atoms with van der Waals surface area (Å²) >= 11 is 1.30. The Morgan fingerprint density at radius 2 is 2.22 bits per heavy atom. The zero-order chi connectivity index (χ0) is 17.0. The van der Waals surface area contributed by atoms with Crippen LogP contribution in [-0.2, 0) is 14.6 Å². The first-order valence-electron chi connectivity index (χ1n) is 6.99. The fourth-order valence-corrected chi connectivity index (χ4v) is 3.77. The minimum Gasteiger partial charge on any atom is -0.497 e. The number of hydrogen-bond acceptors (Lipinski definition) is 7. The van der Waals surface area contributed by atoms with Crippen LogP contribution in [0.4, 0.5) is 5.13 Å². The summed E-state index contributed by atoms with van der Waals surface area (Å²) in [6, 6.07) is 4.37. The largest absolute Gasteiger partial charge is 0.497 e. The molecule has 0 bridgehead atoms. The molecule has 0 fully saturated rings. The molecule has 23 heavy (non-hydrogen) atoms. The molecule has 2 aromatic rings. The van der Waals surface area contributed by atoms with Crippen LogP contribution in [0.3, 0.4) is 0 Å². The van der Waals surface area contributed by atoms with E-state index in [2.05, 4.69) is 10.3 Å². The highest BCUT2D eigenvalue weighted by atomic mass is 32.2. The number of aliphatic carboxylic acids is 1. The van der Waals surface area contributed by atoms with Gasteiger partial charge in [-0.15, -0.1) is 0 Å². The van der Waals surface area contributed by atoms with E-state index < -0.39 is 21.8 Å². The molecule has 2 rings (SSSR count). The lowest BCUT2D eigenvalue weighted by Crippen LogP contribution is -2.31. The highest BCUT2D eigenvalue weighted by Gasteiger charge is 2.21. The summed E-state index contributed by atoms with van der Waals surface area (Å²) in [5.41, 5.74) is 0.726. The van der Waals surface area contributed by atoms with E-state index in [9.17, 15) is 18.3 Å². The summed E-state index contributed by atoms with van der Waals surface area (Å²) in [6.45, 7) is 1.54. The number of thiazole rings is 1. The van der Waals surface area contributed by atoms with Crippen LogP contribution >= 0.6 is 11.3 Å². The maximum Gasteiger partial charge on any atom is 0.326 e. The van der Waals surface area contributed by atoms with Gasteiger partial charge in [0, 0.05) is 5.75 Å². The molecule has 0 radical (unpaired) electrons. The van der Waals surface area contributed by atoms with Crippen LogP contribution in [0.15, 0.2) is 18.2 Å². The van der Waals surface area contributed by atoms with Crippen molar-refractivity contribution in [2.24, 2.45) is 0 Å². The number of methoxy groups -OCH3 is 1. The second-order valence-electron chi connectivity index (χ2n) is 4.91. The molecule has 0 saturated heterocycles. The molecule has 1 aromatic carbocycles. The quantitative estimate of drug-likeness (QED) is 0.743. The van der Waals surface area contributed by atoms with Gasteiger partial charge in [0.15, 0.2) is 5.13 Å². The highest BCUT2D eigenvalue weighted by Crippen LogP contribution is 2.29. The van der Waals surface area contributed by atoms with Crippen LogP contribution < -0.4 is 10.1 Å². The Labute approximate surface area is 138 Å². The van der Waals surface area contributed by atoms with Crippen LogP contribution in [-0.4, -0.2) is 49.1 Å². The van der Waals surface area contributed by atoms with Gasteiger partial charge in [0.2, 0.25) is 0 Å². The summed E-state index contributed by atoms with van der Waals surface area (Å²) in [4.78, 5) is 15.6. The Bertz CT molecular complexity index is 801. The Hall–Kier alpha value is -1.87. The van der Waals surface area contributed by atoms with Gasteiger partial charge in [0.1, 0.15) is 21.6 Å². The lowest BCUT2D eigenvalue weighted by molar-refractivity contribution is -0.137. The molecule has 1 unspecified atom stereocenters. The van der Waals surface area contributed by atoms with E-state index in [1.165, 1.54) is 11.3 Å². The number of anilines is 1. The van der Waals surface area contributed by atoms with Crippen molar-refractivity contribution in [3.8, 4) is 5.75 Å². The normalized spacial score (nSPS) is 13.0.